The standard InChI is InChI=1S/C5H5N5O/c6-5-9-8-4(11)3-1-2-7-10(3)5/h1-2H,(H2,6,9)(H,8,11). The first-order chi connectivity index (χ1) is 5.29. The molecule has 0 atom stereocenters. The molecule has 0 amide bonds. The minimum absolute atomic E-state index is 0.171. The Morgan fingerprint density at radius 2 is 2.45 bits per heavy atom. The van der Waals surface area contributed by atoms with Crippen LogP contribution in [0.25, 0.3) is 5.52 Å². The number of aromatic nitrogens is 4. The van der Waals surface area contributed by atoms with E-state index >= 15 is 0 Å². The maximum atomic E-state index is 11.0. The molecule has 0 bridgehead atoms. The van der Waals surface area contributed by atoms with E-state index in [1.54, 1.807) is 6.07 Å². The molecule has 0 saturated heterocycles. The van der Waals surface area contributed by atoms with Crippen LogP contribution in [-0.4, -0.2) is 19.8 Å². The SMILES string of the molecule is Nc1n[nH]c(=O)c2ccnn12. The highest BCUT2D eigenvalue weighted by molar-refractivity contribution is 5.45. The third-order valence-corrected chi connectivity index (χ3v) is 1.36. The average molecular weight is 151 g/mol. The summed E-state index contributed by atoms with van der Waals surface area (Å²) < 4.78 is 1.28. The van der Waals surface area contributed by atoms with E-state index in [4.69, 9.17) is 5.73 Å². The number of H-pyrrole nitrogens is 1. The molecule has 0 radical (unpaired) electrons. The van der Waals surface area contributed by atoms with Gasteiger partial charge in [0, 0.05) is 0 Å². The first-order valence-electron chi connectivity index (χ1n) is 2.97. The van der Waals surface area contributed by atoms with Gasteiger partial charge in [-0.05, 0) is 6.07 Å². The van der Waals surface area contributed by atoms with Gasteiger partial charge in [-0.3, -0.25) is 4.79 Å². The van der Waals surface area contributed by atoms with E-state index in [0.717, 1.165) is 0 Å². The number of hydrogen-bond donors (Lipinski definition) is 2. The van der Waals surface area contributed by atoms with E-state index in [1.165, 1.54) is 10.7 Å². The molecule has 0 unspecified atom stereocenters. The van der Waals surface area contributed by atoms with Gasteiger partial charge in [0.2, 0.25) is 5.95 Å². The van der Waals surface area contributed by atoms with Crippen LogP contribution in [0.1, 0.15) is 0 Å². The first kappa shape index (κ1) is 5.90. The highest BCUT2D eigenvalue weighted by Crippen LogP contribution is 1.96. The number of nitrogen functional groups attached to an aromatic ring is 1. The lowest BCUT2D eigenvalue weighted by atomic mass is 10.5. The molecule has 11 heavy (non-hydrogen) atoms. The summed E-state index contributed by atoms with van der Waals surface area (Å²) >= 11 is 0. The second kappa shape index (κ2) is 1.82. The van der Waals surface area contributed by atoms with Crippen LogP contribution in [-0.2, 0) is 0 Å². The van der Waals surface area contributed by atoms with Gasteiger partial charge in [0.05, 0.1) is 6.20 Å². The van der Waals surface area contributed by atoms with Gasteiger partial charge >= 0.3 is 0 Å². The van der Waals surface area contributed by atoms with Crippen LogP contribution in [0.2, 0.25) is 0 Å². The van der Waals surface area contributed by atoms with Crippen molar-refractivity contribution in [3.05, 3.63) is 22.6 Å². The minimum Gasteiger partial charge on any atom is -0.366 e. The number of nitrogens with zero attached hydrogens (tertiary/aromatic N) is 3. The van der Waals surface area contributed by atoms with Crippen molar-refractivity contribution in [1.29, 1.82) is 0 Å². The van der Waals surface area contributed by atoms with Crippen molar-refractivity contribution in [3.8, 4) is 0 Å². The van der Waals surface area contributed by atoms with Crippen molar-refractivity contribution in [2.24, 2.45) is 0 Å². The Morgan fingerprint density at radius 3 is 3.18 bits per heavy atom. The van der Waals surface area contributed by atoms with Crippen molar-refractivity contribution >= 4 is 11.5 Å². The van der Waals surface area contributed by atoms with Crippen LogP contribution < -0.4 is 11.3 Å². The maximum Gasteiger partial charge on any atom is 0.290 e. The lowest BCUT2D eigenvalue weighted by molar-refractivity contribution is 0.865. The van der Waals surface area contributed by atoms with Crippen LogP contribution in [0.4, 0.5) is 5.95 Å². The summed E-state index contributed by atoms with van der Waals surface area (Å²) in [4.78, 5) is 11.0. The molecule has 0 saturated carbocycles. The van der Waals surface area contributed by atoms with Crippen molar-refractivity contribution in [2.75, 3.05) is 5.73 Å². The third kappa shape index (κ3) is 0.689. The van der Waals surface area contributed by atoms with Crippen LogP contribution >= 0.6 is 0 Å². The molecule has 2 aromatic heterocycles. The van der Waals surface area contributed by atoms with Crippen LogP contribution in [0.3, 0.4) is 0 Å². The summed E-state index contributed by atoms with van der Waals surface area (Å²) in [5.74, 6) is 0.171. The molecule has 3 N–H and O–H groups in total. The second-order valence-electron chi connectivity index (χ2n) is 2.04. The fourth-order valence-electron chi connectivity index (χ4n) is 0.871. The van der Waals surface area contributed by atoms with Gasteiger partial charge in [-0.25, -0.2) is 5.10 Å². The molecule has 0 fully saturated rings. The second-order valence-corrected chi connectivity index (χ2v) is 2.04. The van der Waals surface area contributed by atoms with Gasteiger partial charge in [-0.2, -0.15) is 9.61 Å². The molecule has 2 heterocycles. The van der Waals surface area contributed by atoms with Gasteiger partial charge in [0.25, 0.3) is 5.56 Å². The topological polar surface area (TPSA) is 89.1 Å². The number of hydrogen-bond acceptors (Lipinski definition) is 4. The molecule has 0 aliphatic heterocycles. The van der Waals surface area contributed by atoms with Crippen LogP contribution in [0, 0.1) is 0 Å². The van der Waals surface area contributed by atoms with Crippen molar-refractivity contribution in [3.63, 3.8) is 0 Å². The highest BCUT2D eigenvalue weighted by Gasteiger charge is 2.00. The number of anilines is 1. The van der Waals surface area contributed by atoms with Gasteiger partial charge in [0.1, 0.15) is 5.52 Å². The lowest BCUT2D eigenvalue weighted by Crippen LogP contribution is -2.15. The Bertz CT molecular complexity index is 441. The molecule has 2 aromatic rings. The quantitative estimate of drug-likeness (QED) is 0.505. The van der Waals surface area contributed by atoms with Gasteiger partial charge in [-0.1, -0.05) is 0 Å². The summed E-state index contributed by atoms with van der Waals surface area (Å²) in [5.41, 5.74) is 5.49. The fraction of sp³-hybridized carbons (Fsp3) is 0. The number of rotatable bonds is 0. The molecule has 0 aromatic carbocycles. The van der Waals surface area contributed by atoms with Gasteiger partial charge in [-0.15, -0.1) is 5.10 Å². The third-order valence-electron chi connectivity index (χ3n) is 1.36. The Labute approximate surface area is 60.6 Å². The average Bonchev–Trinajstić information content (AvgIpc) is 2.45. The number of fused-ring (bicyclic) bond motifs is 1. The number of aromatic amines is 1. The predicted molar refractivity (Wildman–Crippen MR) is 38.0 cm³/mol. The monoisotopic (exact) mass is 151 g/mol. The predicted octanol–water partition coefficient (Wildman–Crippen LogP) is -1.00. The fourth-order valence-corrected chi connectivity index (χ4v) is 0.871. The smallest absolute Gasteiger partial charge is 0.290 e. The first-order valence-corrected chi connectivity index (χ1v) is 2.97. The molecular weight excluding hydrogens is 146 g/mol. The van der Waals surface area contributed by atoms with Crippen molar-refractivity contribution in [1.82, 2.24) is 19.8 Å². The van der Waals surface area contributed by atoms with Crippen molar-refractivity contribution < 1.29 is 0 Å². The highest BCUT2D eigenvalue weighted by atomic mass is 16.1. The summed E-state index contributed by atoms with van der Waals surface area (Å²) in [6.07, 6.45) is 1.49. The van der Waals surface area contributed by atoms with E-state index < -0.39 is 0 Å². The van der Waals surface area contributed by atoms with Gasteiger partial charge in [0.15, 0.2) is 0 Å². The summed E-state index contributed by atoms with van der Waals surface area (Å²) in [7, 11) is 0. The zero-order valence-corrected chi connectivity index (χ0v) is 5.48. The van der Waals surface area contributed by atoms with E-state index in [-0.39, 0.29) is 11.5 Å². The maximum absolute atomic E-state index is 11.0. The zero-order chi connectivity index (χ0) is 7.84. The zero-order valence-electron chi connectivity index (χ0n) is 5.48. The molecule has 0 spiro atoms. The normalized spacial score (nSPS) is 10.5. The Kier molecular flexibility index (Phi) is 0.974. The number of nitrogens with one attached hydrogen (secondary N) is 1. The van der Waals surface area contributed by atoms with Crippen molar-refractivity contribution in [2.45, 2.75) is 0 Å². The van der Waals surface area contributed by atoms with E-state index in [0.29, 0.717) is 5.52 Å². The molecule has 6 nitrogen and oxygen atoms in total. The summed E-state index contributed by atoms with van der Waals surface area (Å²) in [6, 6.07) is 1.57. The van der Waals surface area contributed by atoms with Crippen LogP contribution in [0.15, 0.2) is 17.1 Å². The van der Waals surface area contributed by atoms with Gasteiger partial charge < -0.3 is 5.73 Å². The molecule has 0 aliphatic rings. The molecule has 0 aliphatic carbocycles. The van der Waals surface area contributed by atoms with Crippen LogP contribution in [0.5, 0.6) is 0 Å². The Hall–Kier alpha value is -1.85. The van der Waals surface area contributed by atoms with E-state index in [1.807, 2.05) is 0 Å². The summed E-state index contributed by atoms with van der Waals surface area (Å²) in [6.45, 7) is 0. The number of nitrogens with two attached hydrogens (primary N) is 1. The molecule has 56 valence electrons. The summed E-state index contributed by atoms with van der Waals surface area (Å²) in [5, 5.41) is 9.55. The molecule has 6 heteroatoms. The lowest BCUT2D eigenvalue weighted by Gasteiger charge is -1.93. The molecule has 2 rings (SSSR count). The van der Waals surface area contributed by atoms with E-state index in [2.05, 4.69) is 15.3 Å². The Balaban J connectivity index is 3.08. The largest absolute Gasteiger partial charge is 0.366 e. The Morgan fingerprint density at radius 1 is 1.64 bits per heavy atom. The minimum atomic E-state index is -0.295. The van der Waals surface area contributed by atoms with E-state index in [9.17, 15) is 4.79 Å². The molecular formula is C5H5N5O.